The lowest BCUT2D eigenvalue weighted by Gasteiger charge is -2.23. The molecule has 1 aliphatic rings. The van der Waals surface area contributed by atoms with Crippen molar-refractivity contribution in [2.24, 2.45) is 0 Å². The van der Waals surface area contributed by atoms with Crippen molar-refractivity contribution in [3.05, 3.63) is 93.8 Å². The first-order valence-electron chi connectivity index (χ1n) is 11.0. The number of fused-ring (bicyclic) bond motifs is 3. The van der Waals surface area contributed by atoms with Gasteiger partial charge in [-0.2, -0.15) is 5.10 Å². The first-order chi connectivity index (χ1) is 15.8. The number of nitrogens with one attached hydrogen (secondary N) is 1. The number of carbonyl (C=O) groups excluding carboxylic acids is 1. The molecule has 5 rings (SSSR count). The van der Waals surface area contributed by atoms with Crippen molar-refractivity contribution in [1.29, 1.82) is 0 Å². The lowest BCUT2D eigenvalue weighted by Crippen LogP contribution is -2.36. The van der Waals surface area contributed by atoms with Crippen LogP contribution in [-0.4, -0.2) is 40.7 Å². The van der Waals surface area contributed by atoms with Crippen LogP contribution in [0.2, 0.25) is 0 Å². The quantitative estimate of drug-likeness (QED) is 0.456. The Morgan fingerprint density at radius 1 is 1.06 bits per heavy atom. The number of thiophene rings is 1. The third kappa shape index (κ3) is 3.87. The second kappa shape index (κ2) is 9.10. The highest BCUT2D eigenvalue weighted by molar-refractivity contribution is 7.10. The molecule has 0 radical (unpaired) electrons. The maximum atomic E-state index is 13.8. The van der Waals surface area contributed by atoms with Crippen LogP contribution in [0.3, 0.4) is 0 Å². The molecule has 2 aromatic carbocycles. The van der Waals surface area contributed by atoms with Crippen LogP contribution in [0.4, 0.5) is 0 Å². The highest BCUT2D eigenvalue weighted by Crippen LogP contribution is 2.39. The Morgan fingerprint density at radius 2 is 1.81 bits per heavy atom. The van der Waals surface area contributed by atoms with Gasteiger partial charge in [-0.25, -0.2) is 4.68 Å². The van der Waals surface area contributed by atoms with Gasteiger partial charge in [-0.15, -0.1) is 11.3 Å². The van der Waals surface area contributed by atoms with E-state index < -0.39 is 0 Å². The largest absolute Gasteiger partial charge is 0.332 e. The molecule has 1 amide bonds. The number of nitrogens with zero attached hydrogens (tertiary/aromatic N) is 3. The summed E-state index contributed by atoms with van der Waals surface area (Å²) in [5.41, 5.74) is 6.01. The standard InChI is InChI=1S/C26H26N4OS/c1-27-15-16-29(18-19-8-4-2-5-9-19)26(31)24-22-12-13-23-21(14-17-32-23)25(22)30(28-24)20-10-6-3-7-11-20/h2-11,14,17,27H,12-13,15-16,18H2,1H3. The number of amides is 1. The van der Waals surface area contributed by atoms with Crippen LogP contribution < -0.4 is 5.32 Å². The van der Waals surface area contributed by atoms with Crippen molar-refractivity contribution in [3.8, 4) is 16.9 Å². The van der Waals surface area contributed by atoms with Crippen molar-refractivity contribution in [2.45, 2.75) is 19.4 Å². The molecule has 162 valence electrons. The molecule has 2 aromatic heterocycles. The molecule has 0 fully saturated rings. The zero-order valence-corrected chi connectivity index (χ0v) is 18.9. The number of likely N-dealkylation sites (N-methyl/N-ethyl adjacent to an activating group) is 1. The van der Waals surface area contributed by atoms with Gasteiger partial charge in [-0.3, -0.25) is 4.79 Å². The fourth-order valence-corrected chi connectivity index (χ4v) is 5.21. The molecule has 1 N–H and O–H groups in total. The maximum absolute atomic E-state index is 13.8. The fraction of sp³-hybridized carbons (Fsp3) is 0.231. The lowest BCUT2D eigenvalue weighted by atomic mass is 9.94. The number of para-hydroxylation sites is 1. The highest BCUT2D eigenvalue weighted by Gasteiger charge is 2.31. The SMILES string of the molecule is CNCCN(Cc1ccccc1)C(=O)c1nn(-c2ccccc2)c2c1CCc1sccc1-2. The van der Waals surface area contributed by atoms with E-state index in [0.717, 1.165) is 41.9 Å². The highest BCUT2D eigenvalue weighted by atomic mass is 32.1. The molecule has 0 unspecified atom stereocenters. The smallest absolute Gasteiger partial charge is 0.275 e. The van der Waals surface area contributed by atoms with Crippen LogP contribution in [0.15, 0.2) is 72.1 Å². The van der Waals surface area contributed by atoms with Crippen LogP contribution >= 0.6 is 11.3 Å². The summed E-state index contributed by atoms with van der Waals surface area (Å²) in [6.45, 7) is 1.92. The zero-order chi connectivity index (χ0) is 21.9. The summed E-state index contributed by atoms with van der Waals surface area (Å²) in [4.78, 5) is 17.1. The topological polar surface area (TPSA) is 50.2 Å². The molecule has 32 heavy (non-hydrogen) atoms. The average Bonchev–Trinajstić information content (AvgIpc) is 3.47. The number of rotatable bonds is 7. The Bertz CT molecular complexity index is 1210. The molecule has 1 aliphatic carbocycles. The van der Waals surface area contributed by atoms with Gasteiger partial charge in [0.25, 0.3) is 5.91 Å². The number of carbonyl (C=O) groups is 1. The molecule has 0 saturated heterocycles. The van der Waals surface area contributed by atoms with E-state index in [2.05, 4.69) is 28.9 Å². The summed E-state index contributed by atoms with van der Waals surface area (Å²) in [5, 5.41) is 10.2. The van der Waals surface area contributed by atoms with Crippen molar-refractivity contribution in [1.82, 2.24) is 20.0 Å². The summed E-state index contributed by atoms with van der Waals surface area (Å²) in [5.74, 6) is -0.00582. The first kappa shape index (κ1) is 20.7. The van der Waals surface area contributed by atoms with Gasteiger partial charge in [-0.1, -0.05) is 48.5 Å². The van der Waals surface area contributed by atoms with Gasteiger partial charge in [0.15, 0.2) is 5.69 Å². The maximum Gasteiger partial charge on any atom is 0.275 e. The summed E-state index contributed by atoms with van der Waals surface area (Å²) < 4.78 is 1.96. The molecular weight excluding hydrogens is 416 g/mol. The second-order valence-corrected chi connectivity index (χ2v) is 9.00. The van der Waals surface area contributed by atoms with Crippen LogP contribution in [0.25, 0.3) is 16.9 Å². The van der Waals surface area contributed by atoms with Crippen LogP contribution in [0, 0.1) is 0 Å². The van der Waals surface area contributed by atoms with Gasteiger partial charge >= 0.3 is 0 Å². The van der Waals surface area contributed by atoms with E-state index >= 15 is 0 Å². The third-order valence-corrected chi connectivity index (χ3v) is 6.91. The van der Waals surface area contributed by atoms with E-state index in [4.69, 9.17) is 5.10 Å². The minimum Gasteiger partial charge on any atom is -0.332 e. The van der Waals surface area contributed by atoms with Gasteiger partial charge < -0.3 is 10.2 Å². The first-order valence-corrected chi connectivity index (χ1v) is 11.9. The van der Waals surface area contributed by atoms with E-state index in [1.165, 1.54) is 10.4 Å². The van der Waals surface area contributed by atoms with Crippen molar-refractivity contribution < 1.29 is 4.79 Å². The molecule has 2 heterocycles. The molecule has 0 bridgehead atoms. The molecule has 5 nitrogen and oxygen atoms in total. The third-order valence-electron chi connectivity index (χ3n) is 5.92. The summed E-state index contributed by atoms with van der Waals surface area (Å²) in [6, 6.07) is 22.4. The van der Waals surface area contributed by atoms with Crippen molar-refractivity contribution in [3.63, 3.8) is 0 Å². The molecular formula is C26H26N4OS. The van der Waals surface area contributed by atoms with Crippen LogP contribution in [0.1, 0.15) is 26.5 Å². The Hall–Kier alpha value is -3.22. The van der Waals surface area contributed by atoms with Crippen LogP contribution in [0.5, 0.6) is 0 Å². The monoisotopic (exact) mass is 442 g/mol. The molecule has 0 aliphatic heterocycles. The molecule has 4 aromatic rings. The van der Waals surface area contributed by atoms with Gasteiger partial charge in [0.2, 0.25) is 0 Å². The number of aromatic nitrogens is 2. The Morgan fingerprint density at radius 3 is 2.56 bits per heavy atom. The van der Waals surface area contributed by atoms with Gasteiger partial charge in [0.05, 0.1) is 11.4 Å². The average molecular weight is 443 g/mol. The van der Waals surface area contributed by atoms with Gasteiger partial charge in [0, 0.05) is 35.6 Å². The second-order valence-electron chi connectivity index (χ2n) is 8.00. The zero-order valence-electron chi connectivity index (χ0n) is 18.1. The van der Waals surface area contributed by atoms with E-state index in [1.807, 2.05) is 65.2 Å². The van der Waals surface area contributed by atoms with Crippen molar-refractivity contribution in [2.75, 3.05) is 20.1 Å². The minimum absolute atomic E-state index is 0.00582. The van der Waals surface area contributed by atoms with Crippen molar-refractivity contribution >= 4 is 17.2 Å². The molecule has 0 atom stereocenters. The molecule has 0 spiro atoms. The fourth-order valence-electron chi connectivity index (χ4n) is 4.33. The summed E-state index contributed by atoms with van der Waals surface area (Å²) in [6.07, 6.45) is 1.79. The number of benzene rings is 2. The number of hydrogen-bond donors (Lipinski definition) is 1. The van der Waals surface area contributed by atoms with E-state index in [9.17, 15) is 4.79 Å². The van der Waals surface area contributed by atoms with E-state index in [-0.39, 0.29) is 5.91 Å². The summed E-state index contributed by atoms with van der Waals surface area (Å²) in [7, 11) is 1.91. The normalized spacial score (nSPS) is 12.3. The van der Waals surface area contributed by atoms with E-state index in [1.54, 1.807) is 11.3 Å². The van der Waals surface area contributed by atoms with E-state index in [0.29, 0.717) is 18.8 Å². The Labute approximate surface area is 192 Å². The number of aryl methyl sites for hydroxylation is 1. The minimum atomic E-state index is -0.00582. The Balaban J connectivity index is 1.59. The Kier molecular flexibility index (Phi) is 5.88. The number of hydrogen-bond acceptors (Lipinski definition) is 4. The summed E-state index contributed by atoms with van der Waals surface area (Å²) >= 11 is 1.78. The predicted octanol–water partition coefficient (Wildman–Crippen LogP) is 4.56. The lowest BCUT2D eigenvalue weighted by molar-refractivity contribution is 0.0738. The molecule has 0 saturated carbocycles. The van der Waals surface area contributed by atoms with Gasteiger partial charge in [-0.05, 0) is 49.0 Å². The molecule has 6 heteroatoms. The predicted molar refractivity (Wildman–Crippen MR) is 129 cm³/mol. The van der Waals surface area contributed by atoms with Gasteiger partial charge in [0.1, 0.15) is 0 Å². The van der Waals surface area contributed by atoms with Crippen LogP contribution in [-0.2, 0) is 19.4 Å².